The molecule has 0 aromatic heterocycles. The van der Waals surface area contributed by atoms with Crippen LogP contribution in [0.25, 0.3) is 0 Å². The number of amides is 3. The molecule has 0 aromatic carbocycles. The van der Waals surface area contributed by atoms with Crippen LogP contribution in [0.2, 0.25) is 0 Å². The van der Waals surface area contributed by atoms with Crippen molar-refractivity contribution in [3.8, 4) is 0 Å². The Hall–Kier alpha value is -2.91. The average molecular weight is 438 g/mol. The number of nitrogens with zero attached hydrogens (tertiary/aromatic N) is 1. The summed E-state index contributed by atoms with van der Waals surface area (Å²) in [7, 11) is 0. The molecule has 1 N–H and O–H groups in total. The van der Waals surface area contributed by atoms with E-state index in [1.165, 1.54) is 0 Å². The van der Waals surface area contributed by atoms with E-state index in [1.54, 1.807) is 20.8 Å². The quantitative estimate of drug-likeness (QED) is 0.264. The van der Waals surface area contributed by atoms with Crippen molar-refractivity contribution >= 4 is 29.8 Å². The van der Waals surface area contributed by atoms with Gasteiger partial charge in [0.2, 0.25) is 5.91 Å². The van der Waals surface area contributed by atoms with Crippen molar-refractivity contribution in [2.45, 2.75) is 65.6 Å². The van der Waals surface area contributed by atoms with Crippen LogP contribution in [0.3, 0.4) is 0 Å². The number of carbonyl (C=O) groups excluding carboxylic acids is 5. The predicted molar refractivity (Wildman–Crippen MR) is 107 cm³/mol. The largest absolute Gasteiger partial charge is 0.537 e. The summed E-state index contributed by atoms with van der Waals surface area (Å²) in [5.41, 5.74) is 0.453. The van der Waals surface area contributed by atoms with E-state index in [2.05, 4.69) is 16.7 Å². The number of ether oxygens (including phenoxy) is 2. The molecule has 1 aliphatic heterocycles. The Balaban J connectivity index is 1.80. The average Bonchev–Trinajstić information content (AvgIpc) is 3.03. The third-order valence-corrected chi connectivity index (χ3v) is 5.28. The first-order valence-corrected chi connectivity index (χ1v) is 10.5. The molecule has 10 nitrogen and oxygen atoms in total. The molecule has 1 unspecified atom stereocenters. The van der Waals surface area contributed by atoms with Gasteiger partial charge in [-0.05, 0) is 38.5 Å². The van der Waals surface area contributed by atoms with Crippen molar-refractivity contribution in [3.63, 3.8) is 0 Å². The van der Waals surface area contributed by atoms with Gasteiger partial charge in [0.15, 0.2) is 0 Å². The van der Waals surface area contributed by atoms with Crippen LogP contribution in [0.15, 0.2) is 12.2 Å². The maximum absolute atomic E-state index is 12.6. The zero-order valence-corrected chi connectivity index (χ0v) is 18.2. The fourth-order valence-electron chi connectivity index (χ4n) is 3.35. The highest BCUT2D eigenvalue weighted by molar-refractivity contribution is 6.01. The van der Waals surface area contributed by atoms with Crippen LogP contribution in [0.4, 0.5) is 4.79 Å². The lowest BCUT2D eigenvalue weighted by Crippen LogP contribution is -2.37. The third-order valence-electron chi connectivity index (χ3n) is 5.28. The van der Waals surface area contributed by atoms with E-state index in [9.17, 15) is 24.0 Å². The number of rotatable bonds is 8. The van der Waals surface area contributed by atoms with Crippen molar-refractivity contribution in [1.82, 2.24) is 10.4 Å². The fourth-order valence-corrected chi connectivity index (χ4v) is 3.35. The molecule has 0 bridgehead atoms. The second-order valence-corrected chi connectivity index (χ2v) is 8.30. The summed E-state index contributed by atoms with van der Waals surface area (Å²) in [5.74, 6) is -2.35. The van der Waals surface area contributed by atoms with Gasteiger partial charge in [0.1, 0.15) is 0 Å². The lowest BCUT2D eigenvalue weighted by Gasteiger charge is -2.29. The molecule has 1 heterocycles. The van der Waals surface area contributed by atoms with Crippen LogP contribution < -0.4 is 5.32 Å². The number of esters is 1. The Morgan fingerprint density at radius 3 is 2.16 bits per heavy atom. The van der Waals surface area contributed by atoms with Crippen LogP contribution in [-0.4, -0.2) is 47.7 Å². The molecule has 0 radical (unpaired) electrons. The smallest absolute Gasteiger partial charge is 0.424 e. The highest BCUT2D eigenvalue weighted by atomic mass is 16.9. The lowest BCUT2D eigenvalue weighted by atomic mass is 9.82. The summed E-state index contributed by atoms with van der Waals surface area (Å²) in [6, 6.07) is 0. The second-order valence-electron chi connectivity index (χ2n) is 8.30. The zero-order valence-electron chi connectivity index (χ0n) is 18.2. The second kappa shape index (κ2) is 10.9. The van der Waals surface area contributed by atoms with Crippen LogP contribution in [0.5, 0.6) is 0 Å². The lowest BCUT2D eigenvalue weighted by molar-refractivity contribution is -0.202. The van der Waals surface area contributed by atoms with E-state index in [-0.39, 0.29) is 36.5 Å². The van der Waals surface area contributed by atoms with Crippen molar-refractivity contribution in [1.29, 1.82) is 0 Å². The van der Waals surface area contributed by atoms with Gasteiger partial charge in [-0.15, -0.1) is 0 Å². The molecule has 1 saturated carbocycles. The van der Waals surface area contributed by atoms with Gasteiger partial charge in [-0.3, -0.25) is 24.0 Å². The number of hydrogen-bond donors (Lipinski definition) is 1. The van der Waals surface area contributed by atoms with Gasteiger partial charge in [0.05, 0.1) is 5.92 Å². The number of nitrogens with one attached hydrogen (secondary N) is 1. The zero-order chi connectivity index (χ0) is 23.1. The fraction of sp³-hybridized carbons (Fsp3) is 0.667. The molecule has 0 spiro atoms. The van der Waals surface area contributed by atoms with Crippen molar-refractivity contribution in [3.05, 3.63) is 12.2 Å². The maximum Gasteiger partial charge on any atom is 0.537 e. The van der Waals surface area contributed by atoms with Crippen LogP contribution in [-0.2, 0) is 33.5 Å². The SMILES string of the molecule is C=C(C)C(=O)NCC1CCC(C(=O)OC(OC(=O)ON2C(=O)CCC2=O)C(C)C)CC1. The van der Waals surface area contributed by atoms with E-state index >= 15 is 0 Å². The Kier molecular flexibility index (Phi) is 8.58. The normalized spacial score (nSPS) is 22.1. The predicted octanol–water partition coefficient (Wildman–Crippen LogP) is 2.23. The van der Waals surface area contributed by atoms with E-state index in [0.29, 0.717) is 30.0 Å². The summed E-state index contributed by atoms with van der Waals surface area (Å²) < 4.78 is 10.4. The Morgan fingerprint density at radius 1 is 1.06 bits per heavy atom. The molecule has 2 aliphatic rings. The molecule has 2 rings (SSSR count). The number of hydrogen-bond acceptors (Lipinski definition) is 8. The summed E-state index contributed by atoms with van der Waals surface area (Å²) in [6.07, 6.45) is 0.141. The first kappa shape index (κ1) is 24.4. The molecule has 31 heavy (non-hydrogen) atoms. The molecular weight excluding hydrogens is 408 g/mol. The summed E-state index contributed by atoms with van der Waals surface area (Å²) >= 11 is 0. The first-order chi connectivity index (χ1) is 14.6. The van der Waals surface area contributed by atoms with Gasteiger partial charge >= 0.3 is 12.1 Å². The van der Waals surface area contributed by atoms with Crippen LogP contribution >= 0.6 is 0 Å². The number of imide groups is 1. The minimum Gasteiger partial charge on any atom is -0.424 e. The number of carbonyl (C=O) groups is 5. The third kappa shape index (κ3) is 7.08. The summed E-state index contributed by atoms with van der Waals surface area (Å²) in [5, 5.41) is 3.19. The van der Waals surface area contributed by atoms with E-state index < -0.39 is 30.2 Å². The Labute approximate surface area is 181 Å². The van der Waals surface area contributed by atoms with Gasteiger partial charge < -0.3 is 14.8 Å². The van der Waals surface area contributed by atoms with Gasteiger partial charge in [0, 0.05) is 30.9 Å². The number of hydroxylamine groups is 2. The Morgan fingerprint density at radius 2 is 1.65 bits per heavy atom. The van der Waals surface area contributed by atoms with E-state index in [0.717, 1.165) is 12.8 Å². The molecule has 2 fully saturated rings. The van der Waals surface area contributed by atoms with Gasteiger partial charge in [-0.2, -0.15) is 0 Å². The monoisotopic (exact) mass is 438 g/mol. The summed E-state index contributed by atoms with van der Waals surface area (Å²) in [4.78, 5) is 63.8. The standard InChI is InChI=1S/C21H30N2O8/c1-12(2)18(26)22-11-14-5-7-15(8-6-14)19(27)29-20(13(3)4)30-21(28)31-23-16(24)9-10-17(23)25/h13-15,20H,1,5-11H2,2-4H3,(H,22,26). The topological polar surface area (TPSA) is 128 Å². The molecule has 1 aliphatic carbocycles. The molecule has 0 aromatic rings. The Bertz CT molecular complexity index is 724. The van der Waals surface area contributed by atoms with Gasteiger partial charge in [-0.25, -0.2) is 4.79 Å². The van der Waals surface area contributed by atoms with Gasteiger partial charge in [0.25, 0.3) is 18.1 Å². The first-order valence-electron chi connectivity index (χ1n) is 10.5. The molecule has 172 valence electrons. The van der Waals surface area contributed by atoms with Crippen molar-refractivity contribution in [2.24, 2.45) is 17.8 Å². The van der Waals surface area contributed by atoms with Gasteiger partial charge in [-0.1, -0.05) is 25.5 Å². The molecule has 1 saturated heterocycles. The summed E-state index contributed by atoms with van der Waals surface area (Å²) in [6.45, 7) is 9.16. The van der Waals surface area contributed by atoms with Crippen LogP contribution in [0, 0.1) is 17.8 Å². The minimum absolute atomic E-state index is 0.0335. The molecular formula is C21H30N2O8. The van der Waals surface area contributed by atoms with E-state index in [1.807, 2.05) is 0 Å². The molecule has 1 atom stereocenters. The van der Waals surface area contributed by atoms with Crippen LogP contribution in [0.1, 0.15) is 59.3 Å². The molecule has 10 heteroatoms. The van der Waals surface area contributed by atoms with Crippen molar-refractivity contribution < 1.29 is 38.3 Å². The highest BCUT2D eigenvalue weighted by Crippen LogP contribution is 2.30. The highest BCUT2D eigenvalue weighted by Gasteiger charge is 2.36. The maximum atomic E-state index is 12.6. The van der Waals surface area contributed by atoms with E-state index in [4.69, 9.17) is 9.47 Å². The minimum atomic E-state index is -1.29. The molecule has 3 amide bonds. The van der Waals surface area contributed by atoms with Crippen molar-refractivity contribution in [2.75, 3.05) is 6.54 Å².